The van der Waals surface area contributed by atoms with Gasteiger partial charge < -0.3 is 15.5 Å². The van der Waals surface area contributed by atoms with Crippen molar-refractivity contribution in [1.82, 2.24) is 14.9 Å². The number of hydrogen-bond acceptors (Lipinski definition) is 6. The Morgan fingerprint density at radius 2 is 1.86 bits per heavy atom. The Morgan fingerprint density at radius 3 is 2.62 bits per heavy atom. The first-order valence-corrected chi connectivity index (χ1v) is 13.3. The molecule has 2 aliphatic carbocycles. The average molecular weight is 501 g/mol. The molecule has 0 bridgehead atoms. The SMILES string of the molecule is CC(C)C1=NC2(CCCCCC2)N(CC(=O)Nc2cc3c(cn2)CC2(C3)C(=O)Nc3ncccc32)C1=O. The molecule has 2 aromatic rings. The summed E-state index contributed by atoms with van der Waals surface area (Å²) in [5.41, 5.74) is 2.16. The van der Waals surface area contributed by atoms with Gasteiger partial charge in [-0.1, -0.05) is 32.8 Å². The molecule has 9 nitrogen and oxygen atoms in total. The van der Waals surface area contributed by atoms with Crippen molar-refractivity contribution in [3.63, 3.8) is 0 Å². The standard InChI is InChI=1S/C28H32N6O3/c1-17(2)23-25(36)34(28(33-23)9-5-3-4-6-10-28)16-22(35)31-21-12-18-13-27(14-19(18)15-30-21)20-8-7-11-29-24(20)32-26(27)37/h7-8,11-12,15,17H,3-6,9-10,13-14,16H2,1-2H3,(H,29,32,37)(H,30,31,35). The van der Waals surface area contributed by atoms with E-state index in [1.165, 1.54) is 0 Å². The highest BCUT2D eigenvalue weighted by Gasteiger charge is 2.51. The van der Waals surface area contributed by atoms with Crippen LogP contribution in [0.3, 0.4) is 0 Å². The first-order chi connectivity index (χ1) is 17.8. The van der Waals surface area contributed by atoms with Crippen LogP contribution in [0.2, 0.25) is 0 Å². The Labute approximate surface area is 216 Å². The van der Waals surface area contributed by atoms with E-state index in [-0.39, 0.29) is 30.2 Å². The molecular weight excluding hydrogens is 468 g/mol. The molecule has 0 saturated heterocycles. The molecule has 37 heavy (non-hydrogen) atoms. The van der Waals surface area contributed by atoms with Gasteiger partial charge in [-0.15, -0.1) is 0 Å². The molecule has 1 unspecified atom stereocenters. The highest BCUT2D eigenvalue weighted by Crippen LogP contribution is 2.46. The third kappa shape index (κ3) is 3.83. The molecule has 6 rings (SSSR count). The lowest BCUT2D eigenvalue weighted by atomic mass is 9.79. The van der Waals surface area contributed by atoms with Gasteiger partial charge in [0.05, 0.1) is 5.41 Å². The maximum Gasteiger partial charge on any atom is 0.270 e. The molecule has 2 aromatic heterocycles. The third-order valence-electron chi connectivity index (χ3n) is 8.37. The molecule has 0 radical (unpaired) electrons. The lowest BCUT2D eigenvalue weighted by molar-refractivity contribution is -0.133. The average Bonchev–Trinajstić information content (AvgIpc) is 3.38. The molecule has 1 fully saturated rings. The Morgan fingerprint density at radius 1 is 1.11 bits per heavy atom. The zero-order chi connectivity index (χ0) is 25.8. The van der Waals surface area contributed by atoms with E-state index in [2.05, 4.69) is 20.6 Å². The van der Waals surface area contributed by atoms with Crippen molar-refractivity contribution in [2.75, 3.05) is 17.2 Å². The van der Waals surface area contributed by atoms with Crippen molar-refractivity contribution in [2.24, 2.45) is 10.9 Å². The first-order valence-electron chi connectivity index (χ1n) is 13.3. The van der Waals surface area contributed by atoms with Crippen LogP contribution >= 0.6 is 0 Å². The molecule has 4 heterocycles. The van der Waals surface area contributed by atoms with E-state index in [9.17, 15) is 14.4 Å². The molecule has 0 aromatic carbocycles. The summed E-state index contributed by atoms with van der Waals surface area (Å²) in [6.07, 6.45) is 10.3. The minimum absolute atomic E-state index is 0.0134. The fourth-order valence-corrected chi connectivity index (χ4v) is 6.48. The summed E-state index contributed by atoms with van der Waals surface area (Å²) in [7, 11) is 0. The maximum absolute atomic E-state index is 13.3. The molecule has 2 aliphatic heterocycles. The summed E-state index contributed by atoms with van der Waals surface area (Å²) in [6.45, 7) is 3.90. The number of hydrogen-bond donors (Lipinski definition) is 2. The lowest BCUT2D eigenvalue weighted by Gasteiger charge is -2.35. The van der Waals surface area contributed by atoms with Gasteiger partial charge >= 0.3 is 0 Å². The van der Waals surface area contributed by atoms with E-state index in [0.717, 1.165) is 55.2 Å². The normalized spacial score (nSPS) is 23.8. The molecular formula is C28H32N6O3. The van der Waals surface area contributed by atoms with Crippen molar-refractivity contribution in [3.8, 4) is 0 Å². The minimum atomic E-state index is -0.686. The number of amides is 3. The van der Waals surface area contributed by atoms with Crippen LogP contribution in [0, 0.1) is 5.92 Å². The van der Waals surface area contributed by atoms with Gasteiger partial charge in [0, 0.05) is 23.9 Å². The van der Waals surface area contributed by atoms with Gasteiger partial charge in [-0.3, -0.25) is 19.4 Å². The second-order valence-electron chi connectivity index (χ2n) is 11.1. The molecule has 2 spiro atoms. The summed E-state index contributed by atoms with van der Waals surface area (Å²) < 4.78 is 0. The van der Waals surface area contributed by atoms with Crippen molar-refractivity contribution in [1.29, 1.82) is 0 Å². The molecule has 9 heteroatoms. The van der Waals surface area contributed by atoms with Crippen molar-refractivity contribution in [2.45, 2.75) is 76.3 Å². The number of carbonyl (C=O) groups is 3. The van der Waals surface area contributed by atoms with Crippen molar-refractivity contribution in [3.05, 3.63) is 47.3 Å². The van der Waals surface area contributed by atoms with E-state index in [0.29, 0.717) is 30.2 Å². The van der Waals surface area contributed by atoms with Crippen LogP contribution in [0.4, 0.5) is 11.6 Å². The van der Waals surface area contributed by atoms with Gasteiger partial charge in [-0.05, 0) is 61.8 Å². The second-order valence-corrected chi connectivity index (χ2v) is 11.1. The van der Waals surface area contributed by atoms with E-state index in [1.807, 2.05) is 32.0 Å². The van der Waals surface area contributed by atoms with Gasteiger partial charge in [-0.2, -0.15) is 0 Å². The predicted octanol–water partition coefficient (Wildman–Crippen LogP) is 3.39. The smallest absolute Gasteiger partial charge is 0.270 e. The molecule has 192 valence electrons. The monoisotopic (exact) mass is 500 g/mol. The number of fused-ring (bicyclic) bond motifs is 3. The lowest BCUT2D eigenvalue weighted by Crippen LogP contribution is -2.50. The Hall–Kier alpha value is -3.62. The van der Waals surface area contributed by atoms with Gasteiger partial charge in [0.1, 0.15) is 29.6 Å². The number of rotatable bonds is 4. The fraction of sp³-hybridized carbons (Fsp3) is 0.500. The predicted molar refractivity (Wildman–Crippen MR) is 139 cm³/mol. The van der Waals surface area contributed by atoms with E-state index in [4.69, 9.17) is 4.99 Å². The van der Waals surface area contributed by atoms with E-state index < -0.39 is 11.1 Å². The van der Waals surface area contributed by atoms with Gasteiger partial charge in [0.15, 0.2) is 0 Å². The Bertz CT molecular complexity index is 1330. The van der Waals surface area contributed by atoms with Crippen LogP contribution in [0.15, 0.2) is 35.6 Å². The van der Waals surface area contributed by atoms with Crippen molar-refractivity contribution >= 4 is 35.1 Å². The Kier molecular flexibility index (Phi) is 5.62. The number of nitrogens with one attached hydrogen (secondary N) is 2. The third-order valence-corrected chi connectivity index (χ3v) is 8.37. The van der Waals surface area contributed by atoms with Crippen LogP contribution in [0.1, 0.15) is 69.1 Å². The number of aliphatic imine (C=N–C) groups is 1. The van der Waals surface area contributed by atoms with E-state index >= 15 is 0 Å². The highest BCUT2D eigenvalue weighted by molar-refractivity contribution is 6.41. The maximum atomic E-state index is 13.3. The number of aromatic nitrogens is 2. The number of pyridine rings is 2. The van der Waals surface area contributed by atoms with Crippen LogP contribution < -0.4 is 10.6 Å². The van der Waals surface area contributed by atoms with Gasteiger partial charge in [0.25, 0.3) is 5.91 Å². The van der Waals surface area contributed by atoms with Gasteiger partial charge in [-0.25, -0.2) is 9.97 Å². The summed E-state index contributed by atoms with van der Waals surface area (Å²) in [4.78, 5) is 54.9. The minimum Gasteiger partial charge on any atom is -0.310 e. The fourth-order valence-electron chi connectivity index (χ4n) is 6.48. The summed E-state index contributed by atoms with van der Waals surface area (Å²) in [6, 6.07) is 5.65. The topological polar surface area (TPSA) is 117 Å². The summed E-state index contributed by atoms with van der Waals surface area (Å²) in [5.74, 6) is 0.593. The molecule has 3 amide bonds. The van der Waals surface area contributed by atoms with Crippen LogP contribution in [-0.4, -0.2) is 50.5 Å². The number of nitrogens with zero attached hydrogens (tertiary/aromatic N) is 4. The Balaban J connectivity index is 1.20. The quantitative estimate of drug-likeness (QED) is 0.668. The first kappa shape index (κ1) is 23.8. The molecule has 1 saturated carbocycles. The number of anilines is 2. The zero-order valence-electron chi connectivity index (χ0n) is 21.3. The van der Waals surface area contributed by atoms with Crippen molar-refractivity contribution < 1.29 is 14.4 Å². The summed E-state index contributed by atoms with van der Waals surface area (Å²) in [5, 5.41) is 5.81. The van der Waals surface area contributed by atoms with E-state index in [1.54, 1.807) is 17.3 Å². The molecule has 1 atom stereocenters. The van der Waals surface area contributed by atoms with Gasteiger partial charge in [0.2, 0.25) is 11.8 Å². The number of carbonyl (C=O) groups excluding carboxylic acids is 3. The second kappa shape index (κ2) is 8.75. The summed E-state index contributed by atoms with van der Waals surface area (Å²) >= 11 is 0. The van der Waals surface area contributed by atoms with Crippen LogP contribution in [0.25, 0.3) is 0 Å². The molecule has 2 N–H and O–H groups in total. The molecule has 4 aliphatic rings. The zero-order valence-corrected chi connectivity index (χ0v) is 21.3. The largest absolute Gasteiger partial charge is 0.310 e. The highest BCUT2D eigenvalue weighted by atomic mass is 16.2. The van der Waals surface area contributed by atoms with Crippen LogP contribution in [-0.2, 0) is 32.6 Å². The van der Waals surface area contributed by atoms with Crippen LogP contribution in [0.5, 0.6) is 0 Å².